The van der Waals surface area contributed by atoms with Crippen LogP contribution in [0, 0.1) is 21.4 Å². The van der Waals surface area contributed by atoms with Crippen LogP contribution in [0.15, 0.2) is 4.79 Å². The van der Waals surface area contributed by atoms with E-state index < -0.39 is 38.7 Å². The van der Waals surface area contributed by atoms with E-state index in [4.69, 9.17) is 10.00 Å². The number of H-pyrrole nitrogens is 1. The predicted molar refractivity (Wildman–Crippen MR) is 73.1 cm³/mol. The number of rotatable bonds is 3. The van der Waals surface area contributed by atoms with Crippen molar-refractivity contribution in [3.05, 3.63) is 37.3 Å². The van der Waals surface area contributed by atoms with E-state index in [1.54, 1.807) is 20.8 Å². The van der Waals surface area contributed by atoms with Crippen LogP contribution >= 0.6 is 0 Å². The molecule has 0 saturated heterocycles. The third kappa shape index (κ3) is 3.08. The molecule has 0 bridgehead atoms. The SMILES string of the molecule is CCOC(=O)c1c([N+](=O)[O-])c(C(C)(C)C)[nH]c(=O)c1C#N. The lowest BCUT2D eigenvalue weighted by atomic mass is 9.88. The Bertz CT molecular complexity index is 691. The van der Waals surface area contributed by atoms with Gasteiger partial charge in [-0.05, 0) is 6.92 Å². The maximum Gasteiger partial charge on any atom is 0.346 e. The number of aromatic nitrogens is 1. The molecule has 1 rings (SSSR count). The number of hydrogen-bond acceptors (Lipinski definition) is 6. The number of carbonyl (C=O) groups excluding carboxylic acids is 1. The fourth-order valence-corrected chi connectivity index (χ4v) is 1.83. The Morgan fingerprint density at radius 1 is 1.48 bits per heavy atom. The van der Waals surface area contributed by atoms with E-state index in [9.17, 15) is 19.7 Å². The third-order valence-electron chi connectivity index (χ3n) is 2.71. The standard InChI is InChI=1S/C13H15N3O5/c1-5-21-12(18)8-7(6-14)11(17)15-10(13(2,3)4)9(8)16(19)20/h5H2,1-4H3,(H,15,17). The Labute approximate surface area is 120 Å². The lowest BCUT2D eigenvalue weighted by Gasteiger charge is -2.19. The maximum atomic E-state index is 12.0. The molecular weight excluding hydrogens is 278 g/mol. The number of nitrogens with zero attached hydrogens (tertiary/aromatic N) is 2. The molecule has 1 aromatic rings. The van der Waals surface area contributed by atoms with Gasteiger partial charge in [-0.1, -0.05) is 20.8 Å². The first-order valence-electron chi connectivity index (χ1n) is 6.17. The third-order valence-corrected chi connectivity index (χ3v) is 2.71. The number of hydrogen-bond donors (Lipinski definition) is 1. The van der Waals surface area contributed by atoms with Gasteiger partial charge in [0, 0.05) is 5.41 Å². The van der Waals surface area contributed by atoms with Crippen molar-refractivity contribution in [2.24, 2.45) is 0 Å². The monoisotopic (exact) mass is 293 g/mol. The minimum Gasteiger partial charge on any atom is -0.462 e. The van der Waals surface area contributed by atoms with E-state index in [1.807, 2.05) is 0 Å². The molecule has 0 spiro atoms. The van der Waals surface area contributed by atoms with Crippen molar-refractivity contribution in [1.29, 1.82) is 5.26 Å². The van der Waals surface area contributed by atoms with Gasteiger partial charge in [-0.2, -0.15) is 5.26 Å². The van der Waals surface area contributed by atoms with Gasteiger partial charge < -0.3 is 9.72 Å². The lowest BCUT2D eigenvalue weighted by molar-refractivity contribution is -0.386. The molecule has 1 heterocycles. The molecule has 21 heavy (non-hydrogen) atoms. The molecule has 112 valence electrons. The van der Waals surface area contributed by atoms with Gasteiger partial charge in [0.05, 0.1) is 11.5 Å². The number of esters is 1. The second-order valence-corrected chi connectivity index (χ2v) is 5.27. The van der Waals surface area contributed by atoms with Gasteiger partial charge in [0.15, 0.2) is 5.56 Å². The van der Waals surface area contributed by atoms with E-state index >= 15 is 0 Å². The van der Waals surface area contributed by atoms with Crippen LogP contribution in [-0.4, -0.2) is 22.5 Å². The Morgan fingerprint density at radius 3 is 2.43 bits per heavy atom. The van der Waals surface area contributed by atoms with Crippen molar-refractivity contribution >= 4 is 11.7 Å². The van der Waals surface area contributed by atoms with E-state index in [-0.39, 0.29) is 12.3 Å². The van der Waals surface area contributed by atoms with E-state index in [1.165, 1.54) is 13.0 Å². The summed E-state index contributed by atoms with van der Waals surface area (Å²) < 4.78 is 4.74. The fraction of sp³-hybridized carbons (Fsp3) is 0.462. The molecule has 8 nitrogen and oxygen atoms in total. The Balaban J connectivity index is 3.92. The van der Waals surface area contributed by atoms with Crippen LogP contribution in [0.2, 0.25) is 0 Å². The minimum absolute atomic E-state index is 0.0282. The van der Waals surface area contributed by atoms with Crippen LogP contribution in [-0.2, 0) is 10.2 Å². The van der Waals surface area contributed by atoms with Gasteiger partial charge in [0.1, 0.15) is 17.3 Å². The van der Waals surface area contributed by atoms with E-state index in [0.717, 1.165) is 0 Å². The summed E-state index contributed by atoms with van der Waals surface area (Å²) in [5.41, 5.74) is -3.49. The highest BCUT2D eigenvalue weighted by molar-refractivity contribution is 5.97. The average Bonchev–Trinajstić information content (AvgIpc) is 2.36. The van der Waals surface area contributed by atoms with Crippen molar-refractivity contribution in [3.8, 4) is 6.07 Å². The van der Waals surface area contributed by atoms with Gasteiger partial charge in [-0.25, -0.2) is 4.79 Å². The molecule has 0 saturated carbocycles. The van der Waals surface area contributed by atoms with Crippen LogP contribution in [0.1, 0.15) is 49.3 Å². The Kier molecular flexibility index (Phi) is 4.48. The normalized spacial score (nSPS) is 10.8. The summed E-state index contributed by atoms with van der Waals surface area (Å²) >= 11 is 0. The van der Waals surface area contributed by atoms with Crippen LogP contribution in [0.5, 0.6) is 0 Å². The predicted octanol–water partition coefficient (Wildman–Crippen LogP) is 1.63. The van der Waals surface area contributed by atoms with Gasteiger partial charge in [-0.15, -0.1) is 0 Å². The summed E-state index contributed by atoms with van der Waals surface area (Å²) in [6, 6.07) is 1.53. The number of aromatic amines is 1. The second kappa shape index (κ2) is 5.75. The number of carbonyl (C=O) groups is 1. The minimum atomic E-state index is -1.06. The highest BCUT2D eigenvalue weighted by Crippen LogP contribution is 2.32. The summed E-state index contributed by atoms with van der Waals surface area (Å²) in [7, 11) is 0. The summed E-state index contributed by atoms with van der Waals surface area (Å²) in [6.45, 7) is 6.43. The summed E-state index contributed by atoms with van der Waals surface area (Å²) in [6.07, 6.45) is 0. The average molecular weight is 293 g/mol. The van der Waals surface area contributed by atoms with Gasteiger partial charge in [0.25, 0.3) is 5.56 Å². The summed E-state index contributed by atoms with van der Waals surface area (Å²) in [5, 5.41) is 20.4. The molecule has 8 heteroatoms. The molecule has 0 radical (unpaired) electrons. The van der Waals surface area contributed by atoms with Crippen LogP contribution in [0.25, 0.3) is 0 Å². The largest absolute Gasteiger partial charge is 0.462 e. The lowest BCUT2D eigenvalue weighted by Crippen LogP contribution is -2.27. The maximum absolute atomic E-state index is 12.0. The number of nitrogens with one attached hydrogen (secondary N) is 1. The highest BCUT2D eigenvalue weighted by Gasteiger charge is 2.36. The molecule has 0 amide bonds. The van der Waals surface area contributed by atoms with E-state index in [0.29, 0.717) is 0 Å². The second-order valence-electron chi connectivity index (χ2n) is 5.27. The topological polar surface area (TPSA) is 126 Å². The van der Waals surface area contributed by atoms with Gasteiger partial charge in [-0.3, -0.25) is 14.9 Å². The zero-order chi connectivity index (χ0) is 16.4. The number of nitro groups is 1. The quantitative estimate of drug-likeness (QED) is 0.512. The molecule has 0 atom stereocenters. The van der Waals surface area contributed by atoms with Crippen molar-refractivity contribution in [2.75, 3.05) is 6.61 Å². The summed E-state index contributed by atoms with van der Waals surface area (Å²) in [4.78, 5) is 36.7. The molecule has 0 unspecified atom stereocenters. The molecule has 0 aliphatic rings. The highest BCUT2D eigenvalue weighted by atomic mass is 16.6. The molecule has 0 fully saturated rings. The first kappa shape index (κ1) is 16.4. The molecule has 1 aromatic heterocycles. The molecular formula is C13H15N3O5. The zero-order valence-corrected chi connectivity index (χ0v) is 12.1. The number of ether oxygens (including phenoxy) is 1. The van der Waals surface area contributed by atoms with Crippen LogP contribution < -0.4 is 5.56 Å². The van der Waals surface area contributed by atoms with Gasteiger partial charge in [0.2, 0.25) is 0 Å². The fourth-order valence-electron chi connectivity index (χ4n) is 1.83. The summed E-state index contributed by atoms with van der Waals surface area (Å²) in [5.74, 6) is -1.06. The van der Waals surface area contributed by atoms with Gasteiger partial charge >= 0.3 is 11.7 Å². The first-order valence-corrected chi connectivity index (χ1v) is 6.17. The smallest absolute Gasteiger partial charge is 0.346 e. The number of pyridine rings is 1. The van der Waals surface area contributed by atoms with Crippen LogP contribution in [0.3, 0.4) is 0 Å². The first-order chi connectivity index (χ1) is 9.65. The molecule has 0 aliphatic heterocycles. The van der Waals surface area contributed by atoms with Crippen molar-refractivity contribution in [3.63, 3.8) is 0 Å². The molecule has 0 aromatic carbocycles. The van der Waals surface area contributed by atoms with Crippen LogP contribution in [0.4, 0.5) is 5.69 Å². The van der Waals surface area contributed by atoms with Crippen molar-refractivity contribution in [2.45, 2.75) is 33.1 Å². The number of nitriles is 1. The zero-order valence-electron chi connectivity index (χ0n) is 12.1. The molecule has 0 aliphatic carbocycles. The van der Waals surface area contributed by atoms with Crippen molar-refractivity contribution < 1.29 is 14.5 Å². The Hall–Kier alpha value is -2.69. The van der Waals surface area contributed by atoms with Crippen molar-refractivity contribution in [1.82, 2.24) is 4.98 Å². The molecule has 1 N–H and O–H groups in total. The van der Waals surface area contributed by atoms with E-state index in [2.05, 4.69) is 4.98 Å². The Morgan fingerprint density at radius 2 is 2.05 bits per heavy atom.